The van der Waals surface area contributed by atoms with Crippen molar-refractivity contribution in [1.29, 1.82) is 0 Å². The molecule has 0 saturated heterocycles. The highest BCUT2D eigenvalue weighted by atomic mass is 32.2. The van der Waals surface area contributed by atoms with Crippen LogP contribution in [0.1, 0.15) is 36.5 Å². The van der Waals surface area contributed by atoms with Crippen molar-refractivity contribution < 1.29 is 28.2 Å². The number of phenolic OH excluding ortho intramolecular Hbond substituents is 1. The lowest BCUT2D eigenvalue weighted by molar-refractivity contribution is -0.117. The van der Waals surface area contributed by atoms with Crippen molar-refractivity contribution in [2.75, 3.05) is 5.32 Å². The fraction of sp³-hybridized carbons (Fsp3) is 0.263. The summed E-state index contributed by atoms with van der Waals surface area (Å²) in [7, 11) is -4.24. The molecule has 0 aliphatic heterocycles. The van der Waals surface area contributed by atoms with Gasteiger partial charge in [0.25, 0.3) is 0 Å². The van der Waals surface area contributed by atoms with E-state index < -0.39 is 32.8 Å². The van der Waals surface area contributed by atoms with Crippen LogP contribution in [-0.4, -0.2) is 36.5 Å². The van der Waals surface area contributed by atoms with Gasteiger partial charge < -0.3 is 15.5 Å². The molecule has 0 bridgehead atoms. The lowest BCUT2D eigenvalue weighted by Crippen LogP contribution is -2.44. The Labute approximate surface area is 163 Å². The first-order chi connectivity index (χ1) is 13.2. The van der Waals surface area contributed by atoms with Crippen molar-refractivity contribution >= 4 is 27.6 Å². The lowest BCUT2D eigenvalue weighted by Gasteiger charge is -2.19. The van der Waals surface area contributed by atoms with E-state index in [0.29, 0.717) is 12.1 Å². The van der Waals surface area contributed by atoms with Gasteiger partial charge >= 0.3 is 5.97 Å². The number of amides is 1. The summed E-state index contributed by atoms with van der Waals surface area (Å²) < 4.78 is 27.8. The number of aromatic hydroxyl groups is 1. The van der Waals surface area contributed by atoms with Gasteiger partial charge in [0, 0.05) is 5.69 Å². The summed E-state index contributed by atoms with van der Waals surface area (Å²) in [5.41, 5.74) is 0.0256. The fourth-order valence-electron chi connectivity index (χ4n) is 2.55. The van der Waals surface area contributed by atoms with Crippen molar-refractivity contribution in [3.8, 4) is 5.75 Å². The van der Waals surface area contributed by atoms with Gasteiger partial charge in [0.1, 0.15) is 11.8 Å². The summed E-state index contributed by atoms with van der Waals surface area (Å²) >= 11 is 0. The number of unbranched alkanes of at least 4 members (excludes halogenated alkanes) is 1. The molecule has 0 saturated carbocycles. The molecular weight excluding hydrogens is 384 g/mol. The molecule has 0 aromatic heterocycles. The Morgan fingerprint density at radius 1 is 1.07 bits per heavy atom. The molecule has 2 aromatic rings. The second-order valence-electron chi connectivity index (χ2n) is 6.15. The van der Waals surface area contributed by atoms with Gasteiger partial charge in [-0.1, -0.05) is 31.9 Å². The molecule has 1 atom stereocenters. The van der Waals surface area contributed by atoms with E-state index in [1.54, 1.807) is 0 Å². The van der Waals surface area contributed by atoms with E-state index in [1.165, 1.54) is 48.5 Å². The zero-order valence-corrected chi connectivity index (χ0v) is 16.1. The van der Waals surface area contributed by atoms with Gasteiger partial charge in [0.15, 0.2) is 0 Å². The molecule has 0 aliphatic carbocycles. The van der Waals surface area contributed by atoms with Crippen molar-refractivity contribution in [1.82, 2.24) is 4.72 Å². The van der Waals surface area contributed by atoms with Gasteiger partial charge in [-0.3, -0.25) is 4.79 Å². The number of hydrogen-bond donors (Lipinski definition) is 4. The van der Waals surface area contributed by atoms with Gasteiger partial charge in [-0.25, -0.2) is 13.2 Å². The predicted molar refractivity (Wildman–Crippen MR) is 104 cm³/mol. The number of nitrogens with one attached hydrogen (secondary N) is 2. The van der Waals surface area contributed by atoms with E-state index in [4.69, 9.17) is 0 Å². The average Bonchev–Trinajstić information content (AvgIpc) is 2.66. The van der Waals surface area contributed by atoms with Crippen LogP contribution < -0.4 is 10.0 Å². The topological polar surface area (TPSA) is 133 Å². The third kappa shape index (κ3) is 5.54. The number of carboxylic acid groups (broad SMARTS) is 1. The molecule has 2 aromatic carbocycles. The molecule has 28 heavy (non-hydrogen) atoms. The van der Waals surface area contributed by atoms with Gasteiger partial charge in [0.2, 0.25) is 15.9 Å². The first-order valence-electron chi connectivity index (χ1n) is 8.69. The molecule has 1 amide bonds. The summed E-state index contributed by atoms with van der Waals surface area (Å²) in [5.74, 6) is -1.92. The minimum Gasteiger partial charge on any atom is -0.508 e. The summed E-state index contributed by atoms with van der Waals surface area (Å²) in [6, 6.07) is 9.88. The van der Waals surface area contributed by atoms with E-state index >= 15 is 0 Å². The maximum absolute atomic E-state index is 12.7. The molecule has 9 heteroatoms. The molecule has 0 aliphatic rings. The molecule has 0 spiro atoms. The number of carbonyl (C=O) groups is 2. The van der Waals surface area contributed by atoms with Gasteiger partial charge in [-0.05, 0) is 42.8 Å². The number of benzene rings is 2. The van der Waals surface area contributed by atoms with Crippen LogP contribution in [-0.2, 0) is 14.8 Å². The molecule has 1 unspecified atom stereocenters. The first kappa shape index (κ1) is 21.4. The van der Waals surface area contributed by atoms with Gasteiger partial charge in [-0.15, -0.1) is 0 Å². The van der Waals surface area contributed by atoms with Crippen LogP contribution in [0, 0.1) is 0 Å². The summed E-state index contributed by atoms with van der Waals surface area (Å²) in [6.45, 7) is 1.91. The Morgan fingerprint density at radius 2 is 1.71 bits per heavy atom. The van der Waals surface area contributed by atoms with Crippen LogP contribution in [0.25, 0.3) is 0 Å². The number of carboxylic acids is 1. The Morgan fingerprint density at radius 3 is 2.32 bits per heavy atom. The van der Waals surface area contributed by atoms with E-state index in [-0.39, 0.29) is 17.7 Å². The number of anilines is 1. The minimum atomic E-state index is -4.24. The Kier molecular flexibility index (Phi) is 7.13. The van der Waals surface area contributed by atoms with E-state index in [1.807, 2.05) is 6.92 Å². The Bertz CT molecular complexity index is 941. The first-order valence-corrected chi connectivity index (χ1v) is 10.2. The smallest absolute Gasteiger partial charge is 0.337 e. The second kappa shape index (κ2) is 9.34. The number of rotatable bonds is 9. The number of hydrogen-bond acceptors (Lipinski definition) is 5. The lowest BCUT2D eigenvalue weighted by atomic mass is 10.1. The maximum Gasteiger partial charge on any atom is 0.337 e. The molecule has 8 nitrogen and oxygen atoms in total. The van der Waals surface area contributed by atoms with Crippen LogP contribution in [0.15, 0.2) is 53.4 Å². The number of phenols is 1. The van der Waals surface area contributed by atoms with E-state index in [0.717, 1.165) is 6.42 Å². The summed E-state index contributed by atoms with van der Waals surface area (Å²) in [5, 5.41) is 21.1. The quantitative estimate of drug-likeness (QED) is 0.473. The van der Waals surface area contributed by atoms with Crippen LogP contribution in [0.2, 0.25) is 0 Å². The SMILES string of the molecule is CCCCC(NS(=O)(=O)c1ccccc1C(=O)O)C(=O)Nc1ccc(O)cc1. The standard InChI is InChI=1S/C19H22N2O6S/c1-2-3-7-16(18(23)20-13-9-11-14(22)12-10-13)21-28(26,27)17-8-5-4-6-15(17)19(24)25/h4-6,8-12,16,21-22H,2-3,7H2,1H3,(H,20,23)(H,24,25). The Hall–Kier alpha value is -2.91. The summed E-state index contributed by atoms with van der Waals surface area (Å²) in [6.07, 6.45) is 1.59. The van der Waals surface area contributed by atoms with Gasteiger partial charge in [-0.2, -0.15) is 4.72 Å². The highest BCUT2D eigenvalue weighted by Gasteiger charge is 2.28. The van der Waals surface area contributed by atoms with Crippen molar-refractivity contribution in [2.24, 2.45) is 0 Å². The number of carbonyl (C=O) groups excluding carboxylic acids is 1. The highest BCUT2D eigenvalue weighted by molar-refractivity contribution is 7.89. The predicted octanol–water partition coefficient (Wildman–Crippen LogP) is 2.57. The van der Waals surface area contributed by atoms with E-state index in [9.17, 15) is 28.2 Å². The average molecular weight is 406 g/mol. The minimum absolute atomic E-state index is 0.0338. The zero-order chi connectivity index (χ0) is 20.7. The normalized spacial score (nSPS) is 12.3. The summed E-state index contributed by atoms with van der Waals surface area (Å²) in [4.78, 5) is 23.5. The third-order valence-electron chi connectivity index (χ3n) is 4.00. The van der Waals surface area contributed by atoms with Crippen molar-refractivity contribution in [3.05, 3.63) is 54.1 Å². The molecule has 4 N–H and O–H groups in total. The molecule has 150 valence electrons. The van der Waals surface area contributed by atoms with Gasteiger partial charge in [0.05, 0.1) is 10.5 Å². The molecule has 2 rings (SSSR count). The fourth-order valence-corrected chi connectivity index (χ4v) is 3.98. The number of sulfonamides is 1. The Balaban J connectivity index is 2.26. The van der Waals surface area contributed by atoms with Crippen LogP contribution in [0.3, 0.4) is 0 Å². The molecular formula is C19H22N2O6S. The maximum atomic E-state index is 12.7. The third-order valence-corrected chi connectivity index (χ3v) is 5.53. The van der Waals surface area contributed by atoms with Crippen LogP contribution in [0.4, 0.5) is 5.69 Å². The second-order valence-corrected chi connectivity index (χ2v) is 7.84. The van der Waals surface area contributed by atoms with Crippen molar-refractivity contribution in [2.45, 2.75) is 37.1 Å². The number of aromatic carboxylic acids is 1. The largest absolute Gasteiger partial charge is 0.508 e. The zero-order valence-electron chi connectivity index (χ0n) is 15.3. The van der Waals surface area contributed by atoms with E-state index in [2.05, 4.69) is 10.0 Å². The van der Waals surface area contributed by atoms with Crippen LogP contribution >= 0.6 is 0 Å². The van der Waals surface area contributed by atoms with Crippen LogP contribution in [0.5, 0.6) is 5.75 Å². The molecule has 0 radical (unpaired) electrons. The highest BCUT2D eigenvalue weighted by Crippen LogP contribution is 2.18. The monoisotopic (exact) mass is 406 g/mol. The van der Waals surface area contributed by atoms with Crippen molar-refractivity contribution in [3.63, 3.8) is 0 Å². The molecule has 0 fully saturated rings. The molecule has 0 heterocycles.